The first kappa shape index (κ1) is 16.1. The third-order valence-electron chi connectivity index (χ3n) is 2.63. The molecule has 0 aliphatic heterocycles. The van der Waals surface area contributed by atoms with Crippen molar-refractivity contribution in [2.24, 2.45) is 5.73 Å². The van der Waals surface area contributed by atoms with Crippen LogP contribution in [0.15, 0.2) is 16.3 Å². The SMILES string of the molecule is CCN(CC)C(=O)CNS(=O)(=O)c1ccc(CN)s1. The van der Waals surface area contributed by atoms with Crippen LogP contribution in [0.1, 0.15) is 18.7 Å². The van der Waals surface area contributed by atoms with Crippen molar-refractivity contribution in [2.75, 3.05) is 19.6 Å². The minimum atomic E-state index is -3.63. The van der Waals surface area contributed by atoms with E-state index in [4.69, 9.17) is 5.73 Å². The number of carbonyl (C=O) groups excluding carboxylic acids is 1. The van der Waals surface area contributed by atoms with Gasteiger partial charge in [-0.1, -0.05) is 0 Å². The van der Waals surface area contributed by atoms with Crippen LogP contribution in [0.3, 0.4) is 0 Å². The number of hydrogen-bond acceptors (Lipinski definition) is 5. The summed E-state index contributed by atoms with van der Waals surface area (Å²) >= 11 is 1.11. The Kier molecular flexibility index (Phi) is 5.92. The maximum absolute atomic E-state index is 12.0. The molecule has 1 aromatic heterocycles. The van der Waals surface area contributed by atoms with Crippen LogP contribution < -0.4 is 10.5 Å². The molecule has 1 heterocycles. The molecule has 0 radical (unpaired) electrons. The van der Waals surface area contributed by atoms with Gasteiger partial charge in [0.05, 0.1) is 6.54 Å². The molecule has 1 amide bonds. The van der Waals surface area contributed by atoms with Crippen molar-refractivity contribution in [3.05, 3.63) is 17.0 Å². The quantitative estimate of drug-likeness (QED) is 0.760. The summed E-state index contributed by atoms with van der Waals surface area (Å²) in [5.74, 6) is -0.232. The molecule has 0 saturated heterocycles. The van der Waals surface area contributed by atoms with Gasteiger partial charge in [0.25, 0.3) is 10.0 Å². The second kappa shape index (κ2) is 6.99. The van der Waals surface area contributed by atoms with Crippen LogP contribution in [0.2, 0.25) is 0 Å². The van der Waals surface area contributed by atoms with Gasteiger partial charge in [0.1, 0.15) is 4.21 Å². The molecule has 0 aromatic carbocycles. The molecule has 0 atom stereocenters. The second-order valence-electron chi connectivity index (χ2n) is 3.82. The van der Waals surface area contributed by atoms with Gasteiger partial charge >= 0.3 is 0 Å². The Morgan fingerprint density at radius 2 is 2.00 bits per heavy atom. The lowest BCUT2D eigenvalue weighted by Crippen LogP contribution is -2.39. The van der Waals surface area contributed by atoms with E-state index in [2.05, 4.69) is 4.72 Å². The number of likely N-dealkylation sites (N-methyl/N-ethyl adjacent to an activating group) is 1. The molecule has 108 valence electrons. The Bertz CT molecular complexity index is 521. The van der Waals surface area contributed by atoms with Crippen molar-refractivity contribution in [1.29, 1.82) is 0 Å². The van der Waals surface area contributed by atoms with Crippen LogP contribution in [0.25, 0.3) is 0 Å². The van der Waals surface area contributed by atoms with E-state index in [0.29, 0.717) is 19.6 Å². The van der Waals surface area contributed by atoms with Gasteiger partial charge in [-0.15, -0.1) is 11.3 Å². The van der Waals surface area contributed by atoms with E-state index in [1.807, 2.05) is 13.8 Å². The summed E-state index contributed by atoms with van der Waals surface area (Å²) in [4.78, 5) is 14.1. The molecule has 1 rings (SSSR count). The zero-order valence-electron chi connectivity index (χ0n) is 11.0. The third-order valence-corrected chi connectivity index (χ3v) is 5.63. The molecular weight excluding hydrogens is 286 g/mol. The van der Waals surface area contributed by atoms with E-state index in [9.17, 15) is 13.2 Å². The zero-order chi connectivity index (χ0) is 14.5. The predicted octanol–water partition coefficient (Wildman–Crippen LogP) is 0.354. The number of nitrogens with zero attached hydrogens (tertiary/aromatic N) is 1. The first-order chi connectivity index (χ1) is 8.94. The summed E-state index contributed by atoms with van der Waals surface area (Å²) < 4.78 is 26.4. The van der Waals surface area contributed by atoms with Crippen molar-refractivity contribution >= 4 is 27.3 Å². The van der Waals surface area contributed by atoms with Crippen LogP contribution in [-0.4, -0.2) is 38.9 Å². The molecule has 1 aromatic rings. The van der Waals surface area contributed by atoms with Crippen LogP contribution in [-0.2, 0) is 21.4 Å². The van der Waals surface area contributed by atoms with Gasteiger partial charge in [-0.05, 0) is 26.0 Å². The van der Waals surface area contributed by atoms with Crippen molar-refractivity contribution < 1.29 is 13.2 Å². The van der Waals surface area contributed by atoms with Gasteiger partial charge in [0, 0.05) is 24.5 Å². The largest absolute Gasteiger partial charge is 0.342 e. The monoisotopic (exact) mass is 305 g/mol. The molecule has 0 unspecified atom stereocenters. The van der Waals surface area contributed by atoms with E-state index in [1.165, 1.54) is 6.07 Å². The van der Waals surface area contributed by atoms with Gasteiger partial charge in [-0.25, -0.2) is 13.1 Å². The molecule has 0 aliphatic carbocycles. The number of rotatable bonds is 7. The lowest BCUT2D eigenvalue weighted by atomic mass is 10.4. The summed E-state index contributed by atoms with van der Waals surface area (Å²) in [5, 5.41) is 0. The summed E-state index contributed by atoms with van der Waals surface area (Å²) in [6.07, 6.45) is 0. The fourth-order valence-electron chi connectivity index (χ4n) is 1.53. The van der Waals surface area contributed by atoms with E-state index < -0.39 is 10.0 Å². The smallest absolute Gasteiger partial charge is 0.250 e. The minimum Gasteiger partial charge on any atom is -0.342 e. The molecule has 0 bridgehead atoms. The van der Waals surface area contributed by atoms with Crippen LogP contribution in [0.4, 0.5) is 0 Å². The Hall–Kier alpha value is -0.960. The number of hydrogen-bond donors (Lipinski definition) is 2. The van der Waals surface area contributed by atoms with Gasteiger partial charge < -0.3 is 10.6 Å². The number of nitrogens with one attached hydrogen (secondary N) is 1. The Morgan fingerprint density at radius 3 is 2.47 bits per heavy atom. The molecule has 0 saturated carbocycles. The Balaban J connectivity index is 2.68. The normalized spacial score (nSPS) is 11.5. The number of amides is 1. The molecule has 0 aliphatic rings. The van der Waals surface area contributed by atoms with E-state index in [0.717, 1.165) is 16.2 Å². The summed E-state index contributed by atoms with van der Waals surface area (Å²) in [7, 11) is -3.63. The van der Waals surface area contributed by atoms with Crippen molar-refractivity contribution in [1.82, 2.24) is 9.62 Å². The first-order valence-electron chi connectivity index (χ1n) is 6.00. The van der Waals surface area contributed by atoms with Gasteiger partial charge in [-0.2, -0.15) is 0 Å². The summed E-state index contributed by atoms with van der Waals surface area (Å²) in [6.45, 7) is 4.91. The number of carbonyl (C=O) groups is 1. The summed E-state index contributed by atoms with van der Waals surface area (Å²) in [5.41, 5.74) is 5.44. The maximum atomic E-state index is 12.0. The van der Waals surface area contributed by atoms with Gasteiger partial charge in [0.2, 0.25) is 5.91 Å². The Labute approximate surface area is 117 Å². The lowest BCUT2D eigenvalue weighted by Gasteiger charge is -2.18. The highest BCUT2D eigenvalue weighted by atomic mass is 32.2. The molecule has 3 N–H and O–H groups in total. The minimum absolute atomic E-state index is 0.181. The summed E-state index contributed by atoms with van der Waals surface area (Å²) in [6, 6.07) is 3.17. The average molecular weight is 305 g/mol. The number of sulfonamides is 1. The van der Waals surface area contributed by atoms with Crippen molar-refractivity contribution in [3.8, 4) is 0 Å². The Morgan fingerprint density at radius 1 is 1.37 bits per heavy atom. The standard InChI is InChI=1S/C11H19N3O3S2/c1-3-14(4-2)10(15)8-13-19(16,17)11-6-5-9(7-12)18-11/h5-6,13H,3-4,7-8,12H2,1-2H3. The second-order valence-corrected chi connectivity index (χ2v) is 6.98. The molecule has 6 nitrogen and oxygen atoms in total. The molecule has 0 spiro atoms. The number of nitrogens with two attached hydrogens (primary N) is 1. The highest BCUT2D eigenvalue weighted by Crippen LogP contribution is 2.20. The fraction of sp³-hybridized carbons (Fsp3) is 0.545. The lowest BCUT2D eigenvalue weighted by molar-refractivity contribution is -0.129. The number of thiophene rings is 1. The first-order valence-corrected chi connectivity index (χ1v) is 8.30. The topological polar surface area (TPSA) is 92.5 Å². The highest BCUT2D eigenvalue weighted by Gasteiger charge is 2.19. The van der Waals surface area contributed by atoms with Crippen LogP contribution in [0.5, 0.6) is 0 Å². The van der Waals surface area contributed by atoms with Gasteiger partial charge in [0.15, 0.2) is 0 Å². The van der Waals surface area contributed by atoms with Crippen molar-refractivity contribution in [2.45, 2.75) is 24.6 Å². The van der Waals surface area contributed by atoms with Crippen molar-refractivity contribution in [3.63, 3.8) is 0 Å². The average Bonchev–Trinajstić information content (AvgIpc) is 2.87. The molecule has 0 fully saturated rings. The van der Waals surface area contributed by atoms with Gasteiger partial charge in [-0.3, -0.25) is 4.79 Å². The van der Waals surface area contributed by atoms with Crippen LogP contribution in [0, 0.1) is 0 Å². The fourth-order valence-corrected chi connectivity index (χ4v) is 3.78. The predicted molar refractivity (Wildman–Crippen MR) is 75.3 cm³/mol. The highest BCUT2D eigenvalue weighted by molar-refractivity contribution is 7.91. The third kappa shape index (κ3) is 4.27. The van der Waals surface area contributed by atoms with E-state index >= 15 is 0 Å². The van der Waals surface area contributed by atoms with E-state index in [1.54, 1.807) is 11.0 Å². The molecule has 19 heavy (non-hydrogen) atoms. The van der Waals surface area contributed by atoms with Crippen LogP contribution >= 0.6 is 11.3 Å². The van der Waals surface area contributed by atoms with E-state index in [-0.39, 0.29) is 16.7 Å². The maximum Gasteiger partial charge on any atom is 0.250 e. The molecule has 8 heteroatoms. The zero-order valence-corrected chi connectivity index (χ0v) is 12.7. The molecular formula is C11H19N3O3S2.